The van der Waals surface area contributed by atoms with Gasteiger partial charge in [0, 0.05) is 19.1 Å². The van der Waals surface area contributed by atoms with Gasteiger partial charge in [0.1, 0.15) is 0 Å². The van der Waals surface area contributed by atoms with Crippen molar-refractivity contribution in [3.63, 3.8) is 0 Å². The van der Waals surface area contributed by atoms with Crippen molar-refractivity contribution < 1.29 is 4.79 Å². The van der Waals surface area contributed by atoms with Gasteiger partial charge < -0.3 is 4.90 Å². The minimum absolute atomic E-state index is 0.249. The maximum absolute atomic E-state index is 11.6. The molecule has 0 N–H and O–H groups in total. The minimum Gasteiger partial charge on any atom is -0.340 e. The maximum Gasteiger partial charge on any atom is 0.233 e. The molecule has 0 saturated carbocycles. The molecule has 1 unspecified atom stereocenters. The molecule has 0 aromatic carbocycles. The monoisotopic (exact) mass is 274 g/mol. The van der Waals surface area contributed by atoms with Crippen LogP contribution in [-0.2, 0) is 4.79 Å². The molecule has 86 valence electrons. The fraction of sp³-hybridized carbons (Fsp3) is 0.909. The van der Waals surface area contributed by atoms with Crippen molar-refractivity contribution in [3.05, 3.63) is 0 Å². The smallest absolute Gasteiger partial charge is 0.233 e. The Morgan fingerprint density at radius 3 is 2.60 bits per heavy atom. The lowest BCUT2D eigenvalue weighted by atomic mass is 10.0. The number of likely N-dealkylation sites (tertiary alicyclic amines) is 2. The van der Waals surface area contributed by atoms with Crippen LogP contribution in [0, 0.1) is 0 Å². The third kappa shape index (κ3) is 2.72. The molecule has 0 bridgehead atoms. The molecule has 2 aliphatic rings. The summed E-state index contributed by atoms with van der Waals surface area (Å²) in [6, 6.07) is 0.629. The largest absolute Gasteiger partial charge is 0.340 e. The fourth-order valence-electron chi connectivity index (χ4n) is 2.67. The SMILES string of the molecule is O=C(CBr)N1CCCC(N2CCCC2)C1. The molecule has 2 heterocycles. The Labute approximate surface area is 99.9 Å². The molecule has 4 heteroatoms. The summed E-state index contributed by atoms with van der Waals surface area (Å²) in [6.07, 6.45) is 5.11. The number of rotatable bonds is 2. The van der Waals surface area contributed by atoms with Crippen LogP contribution in [0.25, 0.3) is 0 Å². The molecule has 1 amide bonds. The van der Waals surface area contributed by atoms with E-state index < -0.39 is 0 Å². The van der Waals surface area contributed by atoms with Gasteiger partial charge in [-0.15, -0.1) is 0 Å². The standard InChI is InChI=1S/C11H19BrN2O/c12-8-11(15)14-7-3-4-10(9-14)13-5-1-2-6-13/h10H,1-9H2. The average molecular weight is 275 g/mol. The first kappa shape index (κ1) is 11.4. The summed E-state index contributed by atoms with van der Waals surface area (Å²) in [5.41, 5.74) is 0. The van der Waals surface area contributed by atoms with Gasteiger partial charge in [-0.3, -0.25) is 9.69 Å². The summed E-state index contributed by atoms with van der Waals surface area (Å²) in [5.74, 6) is 0.249. The Morgan fingerprint density at radius 1 is 1.20 bits per heavy atom. The van der Waals surface area contributed by atoms with Gasteiger partial charge in [-0.05, 0) is 38.8 Å². The third-order valence-electron chi connectivity index (χ3n) is 3.52. The van der Waals surface area contributed by atoms with E-state index in [2.05, 4.69) is 20.8 Å². The number of hydrogen-bond donors (Lipinski definition) is 0. The lowest BCUT2D eigenvalue weighted by Gasteiger charge is -2.37. The van der Waals surface area contributed by atoms with Crippen molar-refractivity contribution in [3.8, 4) is 0 Å². The lowest BCUT2D eigenvalue weighted by Crippen LogP contribution is -2.49. The zero-order valence-electron chi connectivity index (χ0n) is 9.12. The Bertz CT molecular complexity index is 229. The maximum atomic E-state index is 11.6. The molecular formula is C11H19BrN2O. The predicted molar refractivity (Wildman–Crippen MR) is 64.2 cm³/mol. The summed E-state index contributed by atoms with van der Waals surface area (Å²) in [7, 11) is 0. The zero-order valence-corrected chi connectivity index (χ0v) is 10.7. The van der Waals surface area contributed by atoms with Crippen LogP contribution in [0.2, 0.25) is 0 Å². The number of amides is 1. The molecule has 0 aromatic heterocycles. The Hall–Kier alpha value is -0.0900. The molecule has 0 spiro atoms. The average Bonchev–Trinajstić information content (AvgIpc) is 2.82. The van der Waals surface area contributed by atoms with Crippen LogP contribution in [0.1, 0.15) is 25.7 Å². The lowest BCUT2D eigenvalue weighted by molar-refractivity contribution is -0.130. The van der Waals surface area contributed by atoms with Crippen LogP contribution in [-0.4, -0.2) is 53.3 Å². The van der Waals surface area contributed by atoms with Gasteiger partial charge in [0.2, 0.25) is 5.91 Å². The molecule has 2 saturated heterocycles. The van der Waals surface area contributed by atoms with Crippen molar-refractivity contribution in [2.45, 2.75) is 31.7 Å². The number of hydrogen-bond acceptors (Lipinski definition) is 2. The van der Waals surface area contributed by atoms with E-state index in [0.29, 0.717) is 11.4 Å². The summed E-state index contributed by atoms with van der Waals surface area (Å²) in [6.45, 7) is 4.38. The van der Waals surface area contributed by atoms with E-state index >= 15 is 0 Å². The summed E-state index contributed by atoms with van der Waals surface area (Å²) >= 11 is 3.25. The molecular weight excluding hydrogens is 256 g/mol. The number of carbonyl (C=O) groups excluding carboxylic acids is 1. The van der Waals surface area contributed by atoms with Crippen LogP contribution in [0.3, 0.4) is 0 Å². The predicted octanol–water partition coefficient (Wildman–Crippen LogP) is 1.47. The van der Waals surface area contributed by atoms with Gasteiger partial charge in [-0.25, -0.2) is 0 Å². The van der Waals surface area contributed by atoms with E-state index in [4.69, 9.17) is 0 Å². The first-order chi connectivity index (χ1) is 7.31. The van der Waals surface area contributed by atoms with Gasteiger partial charge in [-0.1, -0.05) is 15.9 Å². The molecule has 0 radical (unpaired) electrons. The molecule has 0 aromatic rings. The Morgan fingerprint density at radius 2 is 1.93 bits per heavy atom. The third-order valence-corrected chi connectivity index (χ3v) is 4.00. The molecule has 2 aliphatic heterocycles. The van der Waals surface area contributed by atoms with Gasteiger partial charge in [-0.2, -0.15) is 0 Å². The van der Waals surface area contributed by atoms with Crippen LogP contribution in [0.4, 0.5) is 0 Å². The van der Waals surface area contributed by atoms with E-state index in [1.54, 1.807) is 0 Å². The van der Waals surface area contributed by atoms with Gasteiger partial charge >= 0.3 is 0 Å². The van der Waals surface area contributed by atoms with Crippen molar-refractivity contribution >= 4 is 21.8 Å². The normalized spacial score (nSPS) is 28.3. The first-order valence-electron chi connectivity index (χ1n) is 5.89. The van der Waals surface area contributed by atoms with Crippen LogP contribution >= 0.6 is 15.9 Å². The number of halogens is 1. The van der Waals surface area contributed by atoms with E-state index in [9.17, 15) is 4.79 Å². The molecule has 0 aliphatic carbocycles. The van der Waals surface area contributed by atoms with E-state index in [1.807, 2.05) is 4.90 Å². The minimum atomic E-state index is 0.249. The van der Waals surface area contributed by atoms with Crippen molar-refractivity contribution in [2.75, 3.05) is 31.5 Å². The summed E-state index contributed by atoms with van der Waals surface area (Å²) < 4.78 is 0. The molecule has 15 heavy (non-hydrogen) atoms. The topological polar surface area (TPSA) is 23.6 Å². The molecule has 1 atom stereocenters. The van der Waals surface area contributed by atoms with Crippen molar-refractivity contribution in [2.24, 2.45) is 0 Å². The van der Waals surface area contributed by atoms with Crippen molar-refractivity contribution in [1.29, 1.82) is 0 Å². The summed E-state index contributed by atoms with van der Waals surface area (Å²) in [5, 5.41) is 0.472. The first-order valence-corrected chi connectivity index (χ1v) is 7.01. The second-order valence-electron chi connectivity index (χ2n) is 4.51. The second kappa shape index (κ2) is 5.30. The Balaban J connectivity index is 1.88. The Kier molecular flexibility index (Phi) is 4.03. The highest BCUT2D eigenvalue weighted by Crippen LogP contribution is 2.20. The highest BCUT2D eigenvalue weighted by molar-refractivity contribution is 9.09. The van der Waals surface area contributed by atoms with Crippen molar-refractivity contribution in [1.82, 2.24) is 9.80 Å². The molecule has 3 nitrogen and oxygen atoms in total. The van der Waals surface area contributed by atoms with Gasteiger partial charge in [0.25, 0.3) is 0 Å². The highest BCUT2D eigenvalue weighted by Gasteiger charge is 2.28. The van der Waals surface area contributed by atoms with Crippen LogP contribution in [0.15, 0.2) is 0 Å². The quantitative estimate of drug-likeness (QED) is 0.712. The van der Waals surface area contributed by atoms with E-state index in [1.165, 1.54) is 38.8 Å². The van der Waals surface area contributed by atoms with E-state index in [0.717, 1.165) is 13.1 Å². The fourth-order valence-corrected chi connectivity index (χ4v) is 3.03. The molecule has 2 rings (SSSR count). The summed E-state index contributed by atoms with van der Waals surface area (Å²) in [4.78, 5) is 16.2. The number of nitrogens with zero attached hydrogens (tertiary/aromatic N) is 2. The zero-order chi connectivity index (χ0) is 10.7. The highest BCUT2D eigenvalue weighted by atomic mass is 79.9. The number of piperidine rings is 1. The van der Waals surface area contributed by atoms with Gasteiger partial charge in [0.05, 0.1) is 5.33 Å². The van der Waals surface area contributed by atoms with Crippen LogP contribution < -0.4 is 0 Å². The number of alkyl halides is 1. The van der Waals surface area contributed by atoms with Crippen LogP contribution in [0.5, 0.6) is 0 Å². The van der Waals surface area contributed by atoms with Gasteiger partial charge in [0.15, 0.2) is 0 Å². The second-order valence-corrected chi connectivity index (χ2v) is 5.07. The van der Waals surface area contributed by atoms with E-state index in [-0.39, 0.29) is 5.91 Å². The number of carbonyl (C=O) groups is 1. The molecule has 2 fully saturated rings.